The van der Waals surface area contributed by atoms with E-state index in [-0.39, 0.29) is 65.0 Å². The van der Waals surface area contributed by atoms with E-state index in [1.54, 1.807) is 6.07 Å². The van der Waals surface area contributed by atoms with Crippen LogP contribution in [0.1, 0.15) is 49.4 Å². The third-order valence-electron chi connectivity index (χ3n) is 5.88. The van der Waals surface area contributed by atoms with Gasteiger partial charge in [-0.15, -0.1) is 0 Å². The predicted molar refractivity (Wildman–Crippen MR) is 103 cm³/mol. The quantitative estimate of drug-likeness (QED) is 0.547. The van der Waals surface area contributed by atoms with E-state index in [1.807, 2.05) is 0 Å². The number of aromatic hydroxyl groups is 2. The lowest BCUT2D eigenvalue weighted by atomic mass is 9.73. The minimum Gasteiger partial charge on any atom is -0.507 e. The summed E-state index contributed by atoms with van der Waals surface area (Å²) in [4.78, 5) is 38.7. The minimum atomic E-state index is -1.80. The van der Waals surface area contributed by atoms with E-state index < -0.39 is 34.4 Å². The molecule has 8 nitrogen and oxygen atoms in total. The van der Waals surface area contributed by atoms with Crippen LogP contribution in [0.5, 0.6) is 17.2 Å². The number of phenolic OH excluding ortho intramolecular Hbond substituents is 2. The summed E-state index contributed by atoms with van der Waals surface area (Å²) in [6.07, 6.45) is -0.284. The van der Waals surface area contributed by atoms with Gasteiger partial charge in [-0.1, -0.05) is 12.1 Å². The molecule has 156 valence electrons. The maximum Gasteiger partial charge on any atom is 0.202 e. The number of Topliss-reactive ketones (excluding diaryl/α,β-unsaturated/α-hetero) is 1. The Morgan fingerprint density at radius 1 is 1.03 bits per heavy atom. The van der Waals surface area contributed by atoms with Gasteiger partial charge in [0.1, 0.15) is 29.5 Å². The topological polar surface area (TPSA) is 130 Å². The molecule has 0 bridgehead atoms. The van der Waals surface area contributed by atoms with Gasteiger partial charge in [-0.3, -0.25) is 14.4 Å². The summed E-state index contributed by atoms with van der Waals surface area (Å²) < 4.78 is 10.0. The molecular weight excluding hydrogens is 392 g/mol. The molecule has 2 aromatic rings. The van der Waals surface area contributed by atoms with Crippen LogP contribution in [0.3, 0.4) is 0 Å². The van der Waals surface area contributed by atoms with Crippen LogP contribution in [-0.2, 0) is 22.4 Å². The van der Waals surface area contributed by atoms with Gasteiger partial charge in [-0.25, -0.2) is 0 Å². The van der Waals surface area contributed by atoms with Crippen molar-refractivity contribution in [1.29, 1.82) is 0 Å². The molecule has 0 aromatic heterocycles. The van der Waals surface area contributed by atoms with E-state index in [0.717, 1.165) is 0 Å². The van der Waals surface area contributed by atoms with E-state index in [0.29, 0.717) is 0 Å². The van der Waals surface area contributed by atoms with E-state index in [9.17, 15) is 29.7 Å². The molecule has 3 N–H and O–H groups in total. The highest BCUT2D eigenvalue weighted by molar-refractivity contribution is 6.31. The van der Waals surface area contributed by atoms with Gasteiger partial charge in [0.05, 0.1) is 23.8 Å². The number of carbonyl (C=O) groups excluding carboxylic acids is 3. The first-order valence-corrected chi connectivity index (χ1v) is 9.35. The maximum absolute atomic E-state index is 13.2. The number of hydrogen-bond acceptors (Lipinski definition) is 8. The van der Waals surface area contributed by atoms with Crippen LogP contribution in [-0.4, -0.2) is 59.1 Å². The summed E-state index contributed by atoms with van der Waals surface area (Å²) in [5, 5.41) is 32.6. The van der Waals surface area contributed by atoms with Crippen LogP contribution in [0.25, 0.3) is 0 Å². The summed E-state index contributed by atoms with van der Waals surface area (Å²) >= 11 is 0. The van der Waals surface area contributed by atoms with Crippen LogP contribution in [0.15, 0.2) is 18.2 Å². The molecule has 0 saturated carbocycles. The average molecular weight is 412 g/mol. The fourth-order valence-electron chi connectivity index (χ4n) is 4.33. The molecule has 0 unspecified atom stereocenters. The van der Waals surface area contributed by atoms with Gasteiger partial charge in [-0.2, -0.15) is 0 Å². The van der Waals surface area contributed by atoms with Crippen LogP contribution in [0.4, 0.5) is 0 Å². The Bertz CT molecular complexity index is 1120. The number of phenols is 2. The molecule has 8 heteroatoms. The van der Waals surface area contributed by atoms with Crippen LogP contribution in [0.2, 0.25) is 0 Å². The average Bonchev–Trinajstić information content (AvgIpc) is 2.74. The summed E-state index contributed by atoms with van der Waals surface area (Å²) in [5.74, 6) is -2.59. The third-order valence-corrected chi connectivity index (χ3v) is 5.88. The number of carbonyl (C=O) groups is 3. The monoisotopic (exact) mass is 412 g/mol. The van der Waals surface area contributed by atoms with Gasteiger partial charge >= 0.3 is 0 Å². The van der Waals surface area contributed by atoms with Crippen molar-refractivity contribution in [3.8, 4) is 17.2 Å². The molecule has 2 aromatic carbocycles. The summed E-state index contributed by atoms with van der Waals surface area (Å²) in [6, 6.07) is 4.52. The fourth-order valence-corrected chi connectivity index (χ4v) is 4.33. The van der Waals surface area contributed by atoms with Crippen LogP contribution >= 0.6 is 0 Å². The van der Waals surface area contributed by atoms with Crippen molar-refractivity contribution in [2.45, 2.75) is 24.9 Å². The molecular formula is C22H20O8. The highest BCUT2D eigenvalue weighted by Crippen LogP contribution is 2.48. The maximum atomic E-state index is 13.2. The van der Waals surface area contributed by atoms with Crippen molar-refractivity contribution < 1.29 is 39.2 Å². The smallest absolute Gasteiger partial charge is 0.202 e. The zero-order valence-corrected chi connectivity index (χ0v) is 16.4. The van der Waals surface area contributed by atoms with Gasteiger partial charge in [-0.05, 0) is 18.9 Å². The van der Waals surface area contributed by atoms with Crippen molar-refractivity contribution in [1.82, 2.24) is 0 Å². The molecule has 30 heavy (non-hydrogen) atoms. The minimum absolute atomic E-state index is 0.0178. The Labute approximate surface area is 171 Å². The Morgan fingerprint density at radius 3 is 2.37 bits per heavy atom. The van der Waals surface area contributed by atoms with E-state index >= 15 is 0 Å². The molecule has 0 amide bonds. The number of fused-ring (bicyclic) bond motifs is 3. The molecule has 0 aliphatic heterocycles. The molecule has 0 radical (unpaired) electrons. The van der Waals surface area contributed by atoms with Crippen molar-refractivity contribution in [2.24, 2.45) is 0 Å². The molecule has 2 aliphatic carbocycles. The van der Waals surface area contributed by atoms with Gasteiger partial charge in [0.2, 0.25) is 5.78 Å². The van der Waals surface area contributed by atoms with Crippen molar-refractivity contribution >= 4 is 17.3 Å². The van der Waals surface area contributed by atoms with Crippen molar-refractivity contribution in [3.05, 3.63) is 51.6 Å². The zero-order chi connectivity index (χ0) is 21.8. The first-order chi connectivity index (χ1) is 14.2. The fraction of sp³-hybridized carbons (Fsp3) is 0.318. The van der Waals surface area contributed by atoms with Crippen LogP contribution in [0, 0.1) is 0 Å². The molecule has 4 rings (SSSR count). The largest absolute Gasteiger partial charge is 0.507 e. The van der Waals surface area contributed by atoms with Crippen LogP contribution < -0.4 is 4.74 Å². The van der Waals surface area contributed by atoms with E-state index in [1.165, 1.54) is 26.4 Å². The Balaban J connectivity index is 1.92. The van der Waals surface area contributed by atoms with Gasteiger partial charge < -0.3 is 24.8 Å². The standard InChI is InChI=1S/C22H20O8/c1-29-9-14(23)22(28)7-6-10-12(8-22)20(26)16-17(18(10)24)21(27)15-11(19(16)25)4-3-5-13(15)30-2/h3-5,24,26,28H,6-9H2,1-2H3/t22-/m1/s1. The predicted octanol–water partition coefficient (Wildman–Crippen LogP) is 1.32. The number of aliphatic hydroxyl groups is 1. The number of benzene rings is 2. The highest BCUT2D eigenvalue weighted by Gasteiger charge is 2.45. The van der Waals surface area contributed by atoms with Gasteiger partial charge in [0.25, 0.3) is 0 Å². The number of methoxy groups -OCH3 is 2. The number of ketones is 3. The number of hydrogen-bond donors (Lipinski definition) is 3. The molecule has 2 aliphatic rings. The van der Waals surface area contributed by atoms with Crippen molar-refractivity contribution in [2.75, 3.05) is 20.8 Å². The van der Waals surface area contributed by atoms with Crippen molar-refractivity contribution in [3.63, 3.8) is 0 Å². The normalized spacial score (nSPS) is 19.7. The lowest BCUT2D eigenvalue weighted by Crippen LogP contribution is -2.46. The van der Waals surface area contributed by atoms with Gasteiger partial charge in [0, 0.05) is 30.2 Å². The first-order valence-electron chi connectivity index (χ1n) is 9.35. The van der Waals surface area contributed by atoms with E-state index in [4.69, 9.17) is 9.47 Å². The Morgan fingerprint density at radius 2 is 1.70 bits per heavy atom. The van der Waals surface area contributed by atoms with E-state index in [2.05, 4.69) is 0 Å². The molecule has 0 heterocycles. The number of ether oxygens (including phenoxy) is 2. The zero-order valence-electron chi connectivity index (χ0n) is 16.4. The molecule has 0 fully saturated rings. The summed E-state index contributed by atoms with van der Waals surface area (Å²) in [6.45, 7) is -0.311. The molecule has 0 saturated heterocycles. The summed E-state index contributed by atoms with van der Waals surface area (Å²) in [5.41, 5.74) is -2.04. The first kappa shape index (κ1) is 20.1. The Hall–Kier alpha value is -3.23. The number of rotatable bonds is 4. The third kappa shape index (κ3) is 2.64. The second kappa shape index (κ2) is 6.93. The molecule has 0 spiro atoms. The van der Waals surface area contributed by atoms with Gasteiger partial charge in [0.15, 0.2) is 11.6 Å². The SMILES string of the molecule is COCC(=O)[C@@]1(O)CCc2c(O)c3c(c(O)c2C1)C(=O)c1cccc(OC)c1C3=O. The lowest BCUT2D eigenvalue weighted by molar-refractivity contribution is -0.142. The second-order valence-corrected chi connectivity index (χ2v) is 7.51. The lowest BCUT2D eigenvalue weighted by Gasteiger charge is -2.34. The molecule has 1 atom stereocenters. The highest BCUT2D eigenvalue weighted by atomic mass is 16.5. The Kier molecular flexibility index (Phi) is 4.63. The second-order valence-electron chi connectivity index (χ2n) is 7.51. The summed E-state index contributed by atoms with van der Waals surface area (Å²) in [7, 11) is 2.69.